The molecule has 0 radical (unpaired) electrons. The lowest BCUT2D eigenvalue weighted by Gasteiger charge is -2.21. The highest BCUT2D eigenvalue weighted by molar-refractivity contribution is 5.55. The van der Waals surface area contributed by atoms with Gasteiger partial charge < -0.3 is 10.1 Å². The molecule has 16 heavy (non-hydrogen) atoms. The average Bonchev–Trinajstić information content (AvgIpc) is 2.83. The van der Waals surface area contributed by atoms with Gasteiger partial charge in [-0.25, -0.2) is 0 Å². The van der Waals surface area contributed by atoms with Gasteiger partial charge in [-0.2, -0.15) is 5.26 Å². The molecule has 84 valence electrons. The molecule has 1 aromatic heterocycles. The van der Waals surface area contributed by atoms with Gasteiger partial charge in [-0.1, -0.05) is 0 Å². The molecule has 1 aliphatic rings. The summed E-state index contributed by atoms with van der Waals surface area (Å²) in [6, 6.07) is 4.07. The Morgan fingerprint density at radius 3 is 3.25 bits per heavy atom. The lowest BCUT2D eigenvalue weighted by Crippen LogP contribution is -2.30. The van der Waals surface area contributed by atoms with Crippen molar-refractivity contribution >= 4 is 5.69 Å². The summed E-state index contributed by atoms with van der Waals surface area (Å²) in [5.41, 5.74) is 1.41. The summed E-state index contributed by atoms with van der Waals surface area (Å²) in [7, 11) is 0. The molecule has 0 saturated carbocycles. The second kappa shape index (κ2) is 4.95. The van der Waals surface area contributed by atoms with Crippen LogP contribution in [0.3, 0.4) is 0 Å². The minimum Gasteiger partial charge on any atom is -0.378 e. The maximum Gasteiger partial charge on any atom is 0.101 e. The second-order valence-electron chi connectivity index (χ2n) is 4.02. The van der Waals surface area contributed by atoms with Gasteiger partial charge >= 0.3 is 0 Å². The van der Waals surface area contributed by atoms with Crippen LogP contribution in [-0.4, -0.2) is 23.7 Å². The zero-order valence-electron chi connectivity index (χ0n) is 9.31. The first-order valence-electron chi connectivity index (χ1n) is 5.53. The Morgan fingerprint density at radius 2 is 2.56 bits per heavy atom. The molecule has 0 amide bonds. The molecule has 1 aromatic rings. The summed E-state index contributed by atoms with van der Waals surface area (Å²) < 4.78 is 5.59. The molecule has 0 aromatic carbocycles. The van der Waals surface area contributed by atoms with Crippen molar-refractivity contribution in [2.75, 3.05) is 11.9 Å². The predicted octanol–water partition coefficient (Wildman–Crippen LogP) is 1.93. The van der Waals surface area contributed by atoms with E-state index in [1.165, 1.54) is 0 Å². The van der Waals surface area contributed by atoms with Crippen LogP contribution in [0, 0.1) is 11.3 Å². The number of nitrogens with zero attached hydrogens (tertiary/aromatic N) is 2. The Labute approximate surface area is 95.3 Å². The van der Waals surface area contributed by atoms with Crippen molar-refractivity contribution in [3.63, 3.8) is 0 Å². The van der Waals surface area contributed by atoms with Crippen molar-refractivity contribution in [3.05, 3.63) is 24.0 Å². The number of hydrogen-bond donors (Lipinski definition) is 1. The largest absolute Gasteiger partial charge is 0.378 e. The van der Waals surface area contributed by atoms with Crippen molar-refractivity contribution in [2.24, 2.45) is 0 Å². The number of nitriles is 1. The van der Waals surface area contributed by atoms with Crippen LogP contribution in [0.2, 0.25) is 0 Å². The highest BCUT2D eigenvalue weighted by Gasteiger charge is 2.22. The minimum atomic E-state index is 0.207. The fraction of sp³-hybridized carbons (Fsp3) is 0.500. The normalized spacial score (nSPS) is 21.4. The molecule has 0 aliphatic carbocycles. The SMILES string of the molecule is CC(Nc1cnccc1C#N)C1CCCO1. The third-order valence-electron chi connectivity index (χ3n) is 2.85. The number of rotatable bonds is 3. The first-order valence-corrected chi connectivity index (χ1v) is 5.53. The van der Waals surface area contributed by atoms with E-state index < -0.39 is 0 Å². The maximum atomic E-state index is 8.95. The number of anilines is 1. The van der Waals surface area contributed by atoms with E-state index in [2.05, 4.69) is 23.3 Å². The van der Waals surface area contributed by atoms with E-state index in [1.54, 1.807) is 18.5 Å². The molecule has 2 atom stereocenters. The van der Waals surface area contributed by atoms with Crippen LogP contribution in [0.5, 0.6) is 0 Å². The molecular formula is C12H15N3O. The first-order chi connectivity index (χ1) is 7.81. The van der Waals surface area contributed by atoms with Crippen LogP contribution in [-0.2, 0) is 4.74 Å². The number of pyridine rings is 1. The van der Waals surface area contributed by atoms with E-state index in [0.717, 1.165) is 25.1 Å². The highest BCUT2D eigenvalue weighted by atomic mass is 16.5. The molecular weight excluding hydrogens is 202 g/mol. The van der Waals surface area contributed by atoms with Gasteiger partial charge in [0.1, 0.15) is 6.07 Å². The predicted molar refractivity (Wildman–Crippen MR) is 61.0 cm³/mol. The zero-order chi connectivity index (χ0) is 11.4. The standard InChI is InChI=1S/C12H15N3O/c1-9(12-3-2-6-16-12)15-11-8-14-5-4-10(11)7-13/h4-5,8-9,12,15H,2-3,6H2,1H3. The Kier molecular flexibility index (Phi) is 3.37. The van der Waals surface area contributed by atoms with E-state index in [-0.39, 0.29) is 12.1 Å². The monoisotopic (exact) mass is 217 g/mol. The van der Waals surface area contributed by atoms with Crippen LogP contribution < -0.4 is 5.32 Å². The minimum absolute atomic E-state index is 0.207. The van der Waals surface area contributed by atoms with Gasteiger partial charge in [0.05, 0.1) is 23.6 Å². The van der Waals surface area contributed by atoms with E-state index in [4.69, 9.17) is 10.00 Å². The van der Waals surface area contributed by atoms with Gasteiger partial charge in [0.2, 0.25) is 0 Å². The molecule has 2 heterocycles. The first kappa shape index (κ1) is 10.9. The number of hydrogen-bond acceptors (Lipinski definition) is 4. The van der Waals surface area contributed by atoms with Crippen molar-refractivity contribution in [3.8, 4) is 6.07 Å². The summed E-state index contributed by atoms with van der Waals surface area (Å²) in [6.45, 7) is 2.92. The summed E-state index contributed by atoms with van der Waals surface area (Å²) in [5, 5.41) is 12.2. The summed E-state index contributed by atoms with van der Waals surface area (Å²) in [6.07, 6.45) is 5.75. The van der Waals surface area contributed by atoms with Crippen molar-refractivity contribution in [1.29, 1.82) is 5.26 Å². The summed E-state index contributed by atoms with van der Waals surface area (Å²) in [5.74, 6) is 0. The Balaban J connectivity index is 2.05. The lowest BCUT2D eigenvalue weighted by molar-refractivity contribution is 0.0996. The molecule has 1 saturated heterocycles. The Morgan fingerprint density at radius 1 is 1.69 bits per heavy atom. The quantitative estimate of drug-likeness (QED) is 0.840. The molecule has 1 fully saturated rings. The van der Waals surface area contributed by atoms with Crippen molar-refractivity contribution in [1.82, 2.24) is 4.98 Å². The average molecular weight is 217 g/mol. The fourth-order valence-corrected chi connectivity index (χ4v) is 1.94. The Hall–Kier alpha value is -1.60. The van der Waals surface area contributed by atoms with Gasteiger partial charge in [0, 0.05) is 18.8 Å². The van der Waals surface area contributed by atoms with E-state index in [0.29, 0.717) is 5.56 Å². The molecule has 4 nitrogen and oxygen atoms in total. The lowest BCUT2D eigenvalue weighted by atomic mass is 10.1. The van der Waals surface area contributed by atoms with Gasteiger partial charge in [0.25, 0.3) is 0 Å². The molecule has 1 N–H and O–H groups in total. The molecule has 0 spiro atoms. The van der Waals surface area contributed by atoms with Gasteiger partial charge in [-0.3, -0.25) is 4.98 Å². The van der Waals surface area contributed by atoms with Crippen molar-refractivity contribution in [2.45, 2.75) is 31.9 Å². The topological polar surface area (TPSA) is 57.9 Å². The molecule has 2 unspecified atom stereocenters. The summed E-state index contributed by atoms with van der Waals surface area (Å²) in [4.78, 5) is 4.02. The van der Waals surface area contributed by atoms with Crippen molar-refractivity contribution < 1.29 is 4.74 Å². The molecule has 4 heteroatoms. The summed E-state index contributed by atoms with van der Waals surface area (Å²) >= 11 is 0. The maximum absolute atomic E-state index is 8.95. The molecule has 0 bridgehead atoms. The van der Waals surface area contributed by atoms with Crippen LogP contribution in [0.4, 0.5) is 5.69 Å². The third-order valence-corrected chi connectivity index (χ3v) is 2.85. The fourth-order valence-electron chi connectivity index (χ4n) is 1.94. The molecule has 2 rings (SSSR count). The number of aromatic nitrogens is 1. The number of ether oxygens (including phenoxy) is 1. The van der Waals surface area contributed by atoms with Gasteiger partial charge in [-0.05, 0) is 25.8 Å². The smallest absolute Gasteiger partial charge is 0.101 e. The van der Waals surface area contributed by atoms with E-state index >= 15 is 0 Å². The van der Waals surface area contributed by atoms with Crippen LogP contribution in [0.1, 0.15) is 25.3 Å². The van der Waals surface area contributed by atoms with Crippen LogP contribution in [0.15, 0.2) is 18.5 Å². The highest BCUT2D eigenvalue weighted by Crippen LogP contribution is 2.20. The van der Waals surface area contributed by atoms with Crippen LogP contribution in [0.25, 0.3) is 0 Å². The van der Waals surface area contributed by atoms with E-state index in [1.807, 2.05) is 0 Å². The second-order valence-corrected chi connectivity index (χ2v) is 4.02. The number of nitrogens with one attached hydrogen (secondary N) is 1. The van der Waals surface area contributed by atoms with E-state index in [9.17, 15) is 0 Å². The van der Waals surface area contributed by atoms with Gasteiger partial charge in [-0.15, -0.1) is 0 Å². The zero-order valence-corrected chi connectivity index (χ0v) is 9.31. The van der Waals surface area contributed by atoms with Gasteiger partial charge in [0.15, 0.2) is 0 Å². The van der Waals surface area contributed by atoms with Crippen LogP contribution >= 0.6 is 0 Å². The Bertz CT molecular complexity index is 393. The third kappa shape index (κ3) is 2.31. The molecule has 1 aliphatic heterocycles.